The van der Waals surface area contributed by atoms with E-state index in [1.165, 1.54) is 12.1 Å². The number of benzene rings is 1. The van der Waals surface area contributed by atoms with Gasteiger partial charge in [0.25, 0.3) is 0 Å². The highest BCUT2D eigenvalue weighted by atomic mass is 32.2. The summed E-state index contributed by atoms with van der Waals surface area (Å²) < 4.78 is 24.9. The number of phenols is 2. The van der Waals surface area contributed by atoms with E-state index >= 15 is 0 Å². The summed E-state index contributed by atoms with van der Waals surface area (Å²) in [5, 5.41) is 20.4. The fraction of sp³-hybridized carbons (Fsp3) is 0.400. The zero-order chi connectivity index (χ0) is 12.9. The zero-order valence-corrected chi connectivity index (χ0v) is 10.3. The number of aromatic hydroxyl groups is 2. The molecular formula is C10H16N2O4S. The van der Waals surface area contributed by atoms with Gasteiger partial charge < -0.3 is 20.3 Å². The number of quaternary nitrogens is 1. The van der Waals surface area contributed by atoms with Crippen LogP contribution in [0.25, 0.3) is 4.72 Å². The molecule has 0 unspecified atom stereocenters. The van der Waals surface area contributed by atoms with Crippen molar-refractivity contribution in [2.75, 3.05) is 19.3 Å². The Hall–Kier alpha value is -1.31. The summed E-state index contributed by atoms with van der Waals surface area (Å²) in [5.74, 6) is 0.0413. The van der Waals surface area contributed by atoms with Crippen LogP contribution in [0, 0.1) is 0 Å². The molecule has 0 saturated heterocycles. The zero-order valence-electron chi connectivity index (χ0n) is 9.50. The maximum Gasteiger partial charge on any atom is 0.128 e. The molecule has 0 amide bonds. The van der Waals surface area contributed by atoms with Crippen LogP contribution in [0.2, 0.25) is 0 Å². The molecule has 96 valence electrons. The van der Waals surface area contributed by atoms with Crippen molar-refractivity contribution in [2.24, 2.45) is 0 Å². The van der Waals surface area contributed by atoms with Crippen LogP contribution in [0.1, 0.15) is 5.56 Å². The van der Waals surface area contributed by atoms with Crippen molar-refractivity contribution in [2.45, 2.75) is 6.54 Å². The van der Waals surface area contributed by atoms with Gasteiger partial charge in [-0.1, -0.05) is 6.54 Å². The normalized spacial score (nSPS) is 11.6. The fourth-order valence-electron chi connectivity index (χ4n) is 1.29. The first-order valence-corrected chi connectivity index (χ1v) is 6.94. The minimum atomic E-state index is -3.26. The van der Waals surface area contributed by atoms with Gasteiger partial charge in [-0.2, -0.15) is 0 Å². The van der Waals surface area contributed by atoms with Crippen molar-refractivity contribution in [3.63, 3.8) is 0 Å². The SMILES string of the molecule is CS(=O)(=O)[N-]CC[NH2+]Cc1ccc(O)cc1O. The monoisotopic (exact) mass is 260 g/mol. The third-order valence-corrected chi connectivity index (χ3v) is 2.74. The standard InChI is InChI=1S/C10H15N2O4S/c1-17(15,16)12-5-4-11-7-8-2-3-9(13)6-10(8)14/h2-3,6,11,13-14H,4-5,7H2,1H3/q-1/p+1. The first-order valence-electron chi connectivity index (χ1n) is 5.10. The van der Waals surface area contributed by atoms with Crippen LogP contribution in [-0.4, -0.2) is 38.0 Å². The average Bonchev–Trinajstić information content (AvgIpc) is 2.18. The number of hydrogen-bond acceptors (Lipinski definition) is 4. The lowest BCUT2D eigenvalue weighted by Crippen LogP contribution is -2.83. The van der Waals surface area contributed by atoms with Crippen LogP contribution in [0.4, 0.5) is 0 Å². The van der Waals surface area contributed by atoms with Gasteiger partial charge in [0.1, 0.15) is 18.0 Å². The molecule has 4 N–H and O–H groups in total. The highest BCUT2D eigenvalue weighted by Gasteiger charge is 2.02. The summed E-state index contributed by atoms with van der Waals surface area (Å²) >= 11 is 0. The van der Waals surface area contributed by atoms with E-state index in [1.54, 1.807) is 6.07 Å². The molecule has 0 aliphatic rings. The van der Waals surface area contributed by atoms with Crippen LogP contribution in [-0.2, 0) is 16.6 Å². The summed E-state index contributed by atoms with van der Waals surface area (Å²) in [6.07, 6.45) is 1.05. The van der Waals surface area contributed by atoms with Crippen molar-refractivity contribution in [1.29, 1.82) is 0 Å². The second kappa shape index (κ2) is 5.85. The predicted octanol–water partition coefficient (Wildman–Crippen LogP) is -0.505. The van der Waals surface area contributed by atoms with Crippen molar-refractivity contribution < 1.29 is 23.9 Å². The van der Waals surface area contributed by atoms with E-state index < -0.39 is 10.0 Å². The second-order valence-electron chi connectivity index (χ2n) is 3.68. The van der Waals surface area contributed by atoms with E-state index in [2.05, 4.69) is 4.72 Å². The molecule has 17 heavy (non-hydrogen) atoms. The Morgan fingerprint density at radius 3 is 2.65 bits per heavy atom. The van der Waals surface area contributed by atoms with Gasteiger partial charge >= 0.3 is 0 Å². The lowest BCUT2D eigenvalue weighted by atomic mass is 10.2. The van der Waals surface area contributed by atoms with Crippen LogP contribution in [0.3, 0.4) is 0 Å². The van der Waals surface area contributed by atoms with E-state index in [0.29, 0.717) is 18.7 Å². The Morgan fingerprint density at radius 1 is 1.35 bits per heavy atom. The minimum absolute atomic E-state index is 0.0123. The summed E-state index contributed by atoms with van der Waals surface area (Å²) in [6.45, 7) is 1.25. The van der Waals surface area contributed by atoms with E-state index in [4.69, 9.17) is 5.11 Å². The predicted molar refractivity (Wildman–Crippen MR) is 63.3 cm³/mol. The first-order chi connectivity index (χ1) is 7.88. The third kappa shape index (κ3) is 5.53. The van der Waals surface area contributed by atoms with Gasteiger partial charge in [-0.3, -0.25) is 0 Å². The van der Waals surface area contributed by atoms with Crippen LogP contribution in [0.15, 0.2) is 18.2 Å². The topological polar surface area (TPSA) is 105 Å². The largest absolute Gasteiger partial charge is 0.545 e. The number of nitrogens with two attached hydrogens (primary N) is 1. The quantitative estimate of drug-likeness (QED) is 0.599. The molecule has 1 aromatic carbocycles. The summed E-state index contributed by atoms with van der Waals surface area (Å²) in [6, 6.07) is 4.38. The Bertz CT molecular complexity index is 473. The van der Waals surface area contributed by atoms with E-state index in [1.807, 2.05) is 5.32 Å². The number of sulfonamides is 1. The molecule has 0 aliphatic carbocycles. The van der Waals surface area contributed by atoms with Gasteiger partial charge in [-0.05, 0) is 12.1 Å². The third-order valence-electron chi connectivity index (χ3n) is 2.09. The lowest BCUT2D eigenvalue weighted by molar-refractivity contribution is -0.667. The molecule has 0 saturated carbocycles. The molecular weight excluding hydrogens is 244 g/mol. The van der Waals surface area contributed by atoms with Crippen LogP contribution < -0.4 is 5.32 Å². The molecule has 0 fully saturated rings. The lowest BCUT2D eigenvalue weighted by Gasteiger charge is -2.14. The van der Waals surface area contributed by atoms with Crippen molar-refractivity contribution in [3.8, 4) is 11.5 Å². The Labute approximate surface area is 100 Å². The molecule has 0 aliphatic heterocycles. The van der Waals surface area contributed by atoms with E-state index in [-0.39, 0.29) is 18.0 Å². The fourth-order valence-corrected chi connectivity index (χ4v) is 1.73. The number of hydrogen-bond donors (Lipinski definition) is 3. The molecule has 0 aromatic heterocycles. The van der Waals surface area contributed by atoms with Crippen molar-refractivity contribution >= 4 is 10.0 Å². The highest BCUT2D eigenvalue weighted by Crippen LogP contribution is 2.21. The van der Waals surface area contributed by atoms with Crippen LogP contribution in [0.5, 0.6) is 11.5 Å². The van der Waals surface area contributed by atoms with Gasteiger partial charge in [0, 0.05) is 17.9 Å². The molecule has 6 nitrogen and oxygen atoms in total. The van der Waals surface area contributed by atoms with Crippen molar-refractivity contribution in [3.05, 3.63) is 28.5 Å². The molecule has 0 spiro atoms. The van der Waals surface area contributed by atoms with Gasteiger partial charge in [0.2, 0.25) is 0 Å². The van der Waals surface area contributed by atoms with E-state index in [9.17, 15) is 13.5 Å². The summed E-state index contributed by atoms with van der Waals surface area (Å²) in [7, 11) is -3.26. The maximum atomic E-state index is 10.7. The van der Waals surface area contributed by atoms with Crippen LogP contribution >= 0.6 is 0 Å². The molecule has 0 radical (unpaired) electrons. The molecule has 1 rings (SSSR count). The number of nitrogens with zero attached hydrogens (tertiary/aromatic N) is 1. The summed E-state index contributed by atoms with van der Waals surface area (Å²) in [5.41, 5.74) is 0.683. The molecule has 1 aromatic rings. The van der Waals surface area contributed by atoms with Gasteiger partial charge in [-0.15, -0.1) is 0 Å². The number of rotatable bonds is 6. The maximum absolute atomic E-state index is 10.7. The summed E-state index contributed by atoms with van der Waals surface area (Å²) in [4.78, 5) is 0. The van der Waals surface area contributed by atoms with E-state index in [0.717, 1.165) is 6.26 Å². The molecule has 0 bridgehead atoms. The molecule has 0 atom stereocenters. The number of phenolic OH excluding ortho intramolecular Hbond substituents is 2. The smallest absolute Gasteiger partial charge is 0.128 e. The van der Waals surface area contributed by atoms with Gasteiger partial charge in [0.15, 0.2) is 0 Å². The van der Waals surface area contributed by atoms with Gasteiger partial charge in [-0.25, -0.2) is 8.42 Å². The Morgan fingerprint density at radius 2 is 2.06 bits per heavy atom. The highest BCUT2D eigenvalue weighted by molar-refractivity contribution is 7.93. The minimum Gasteiger partial charge on any atom is -0.545 e. The van der Waals surface area contributed by atoms with Crippen molar-refractivity contribution in [1.82, 2.24) is 0 Å². The average molecular weight is 260 g/mol. The van der Waals surface area contributed by atoms with Gasteiger partial charge in [0.05, 0.1) is 16.6 Å². The second-order valence-corrected chi connectivity index (χ2v) is 5.40. The Balaban J connectivity index is 2.32. The first kappa shape index (κ1) is 13.8. The Kier molecular flexibility index (Phi) is 4.73. The molecule has 7 heteroatoms. The molecule has 0 heterocycles.